The normalized spacial score (nSPS) is 30.6. The maximum atomic E-state index is 5.87. The third-order valence-corrected chi connectivity index (χ3v) is 8.30. The Balaban J connectivity index is 2.21. The van der Waals surface area contributed by atoms with Crippen LogP contribution in [0.2, 0.25) is 6.04 Å². The zero-order valence-electron chi connectivity index (χ0n) is 13.4. The number of nitrogens with one attached hydrogen (secondary N) is 1. The molecular formula is C14H30N2O2Si. The summed E-state index contributed by atoms with van der Waals surface area (Å²) in [5.41, 5.74) is 0.354. The van der Waals surface area contributed by atoms with E-state index in [4.69, 9.17) is 8.85 Å². The second-order valence-electron chi connectivity index (χ2n) is 7.37. The summed E-state index contributed by atoms with van der Waals surface area (Å²) < 4.78 is 14.3. The van der Waals surface area contributed by atoms with Gasteiger partial charge in [0.2, 0.25) is 0 Å². The molecule has 19 heavy (non-hydrogen) atoms. The molecule has 0 aromatic heterocycles. The van der Waals surface area contributed by atoms with Gasteiger partial charge in [-0.1, -0.05) is 0 Å². The summed E-state index contributed by atoms with van der Waals surface area (Å²) in [6.45, 7) is 10.4. The molecular weight excluding hydrogens is 256 g/mol. The van der Waals surface area contributed by atoms with Crippen LogP contribution in [0.3, 0.4) is 0 Å². The summed E-state index contributed by atoms with van der Waals surface area (Å²) in [6, 6.07) is 1.67. The van der Waals surface area contributed by atoms with Crippen LogP contribution >= 0.6 is 0 Å². The predicted molar refractivity (Wildman–Crippen MR) is 80.2 cm³/mol. The van der Waals surface area contributed by atoms with Gasteiger partial charge < -0.3 is 14.2 Å². The fourth-order valence-corrected chi connectivity index (χ4v) is 7.43. The molecule has 0 aliphatic carbocycles. The van der Waals surface area contributed by atoms with Gasteiger partial charge in [0.1, 0.15) is 0 Å². The van der Waals surface area contributed by atoms with E-state index in [1.165, 1.54) is 6.42 Å². The highest BCUT2D eigenvalue weighted by atomic mass is 28.4. The first-order valence-electron chi connectivity index (χ1n) is 7.40. The Hall–Kier alpha value is 0.0569. The summed E-state index contributed by atoms with van der Waals surface area (Å²) in [5.74, 6) is 0. The average Bonchev–Trinajstić information content (AvgIpc) is 2.69. The van der Waals surface area contributed by atoms with Crippen molar-refractivity contribution < 1.29 is 8.85 Å². The molecule has 2 aliphatic heterocycles. The fourth-order valence-electron chi connectivity index (χ4n) is 4.26. The van der Waals surface area contributed by atoms with Crippen molar-refractivity contribution in [1.29, 1.82) is 0 Å². The van der Waals surface area contributed by atoms with Crippen molar-refractivity contribution in [2.24, 2.45) is 0 Å². The molecule has 2 heterocycles. The van der Waals surface area contributed by atoms with Crippen LogP contribution in [0, 0.1) is 0 Å². The van der Waals surface area contributed by atoms with Gasteiger partial charge in [0.15, 0.2) is 0 Å². The van der Waals surface area contributed by atoms with E-state index in [9.17, 15) is 0 Å². The van der Waals surface area contributed by atoms with Crippen molar-refractivity contribution in [3.05, 3.63) is 0 Å². The van der Waals surface area contributed by atoms with Crippen molar-refractivity contribution in [3.63, 3.8) is 0 Å². The first-order valence-corrected chi connectivity index (χ1v) is 9.37. The van der Waals surface area contributed by atoms with Gasteiger partial charge in [0.25, 0.3) is 0 Å². The Morgan fingerprint density at radius 3 is 2.05 bits per heavy atom. The highest BCUT2D eigenvalue weighted by molar-refractivity contribution is 6.65. The Morgan fingerprint density at radius 2 is 1.58 bits per heavy atom. The summed E-state index contributed by atoms with van der Waals surface area (Å²) in [6.07, 6.45) is 3.54. The van der Waals surface area contributed by atoms with Crippen LogP contribution in [0.25, 0.3) is 0 Å². The fraction of sp³-hybridized carbons (Fsp3) is 1.00. The van der Waals surface area contributed by atoms with Gasteiger partial charge in [-0.15, -0.1) is 0 Å². The van der Waals surface area contributed by atoms with E-state index in [-0.39, 0.29) is 11.1 Å². The van der Waals surface area contributed by atoms with Crippen molar-refractivity contribution in [2.45, 2.75) is 70.1 Å². The van der Waals surface area contributed by atoms with Gasteiger partial charge >= 0.3 is 8.72 Å². The zero-order chi connectivity index (χ0) is 14.3. The van der Waals surface area contributed by atoms with Gasteiger partial charge in [0.05, 0.1) is 0 Å². The quantitative estimate of drug-likeness (QED) is 0.807. The largest absolute Gasteiger partial charge is 0.427 e. The Morgan fingerprint density at radius 1 is 1.05 bits per heavy atom. The van der Waals surface area contributed by atoms with E-state index in [0.29, 0.717) is 6.04 Å². The predicted octanol–water partition coefficient (Wildman–Crippen LogP) is 2.23. The molecule has 2 saturated heterocycles. The van der Waals surface area contributed by atoms with E-state index in [1.807, 2.05) is 14.2 Å². The maximum absolute atomic E-state index is 5.87. The second kappa shape index (κ2) is 5.11. The number of rotatable bonds is 3. The van der Waals surface area contributed by atoms with E-state index in [0.717, 1.165) is 25.4 Å². The van der Waals surface area contributed by atoms with Gasteiger partial charge in [-0.05, 0) is 53.5 Å². The van der Waals surface area contributed by atoms with Gasteiger partial charge in [-0.2, -0.15) is 0 Å². The van der Waals surface area contributed by atoms with Crippen molar-refractivity contribution >= 4 is 8.72 Å². The van der Waals surface area contributed by atoms with E-state index >= 15 is 0 Å². The van der Waals surface area contributed by atoms with Crippen molar-refractivity contribution in [1.82, 2.24) is 9.88 Å². The standard InChI is InChI=1S/C14H30N2O2Si/c1-13(2)10-12(11-14(3,4)15-13)16-8-7-9-19(16,17-5)18-6/h12,15H,7-11H2,1-6H3. The summed E-state index contributed by atoms with van der Waals surface area (Å²) in [5, 5.41) is 3.76. The van der Waals surface area contributed by atoms with Crippen molar-refractivity contribution in [3.8, 4) is 0 Å². The smallest absolute Gasteiger partial charge is 0.386 e. The highest BCUT2D eigenvalue weighted by Gasteiger charge is 2.53. The Labute approximate surface area is 119 Å². The summed E-state index contributed by atoms with van der Waals surface area (Å²) >= 11 is 0. The average molecular weight is 286 g/mol. The lowest BCUT2D eigenvalue weighted by molar-refractivity contribution is 0.0768. The number of hydrogen-bond donors (Lipinski definition) is 1. The second-order valence-corrected chi connectivity index (χ2v) is 10.7. The van der Waals surface area contributed by atoms with Crippen LogP contribution in [0.4, 0.5) is 0 Å². The molecule has 2 fully saturated rings. The molecule has 1 N–H and O–H groups in total. The summed E-state index contributed by atoms with van der Waals surface area (Å²) in [4.78, 5) is 0. The Kier molecular flexibility index (Phi) is 4.16. The van der Waals surface area contributed by atoms with Crippen LogP contribution in [-0.2, 0) is 8.85 Å². The molecule has 0 amide bonds. The van der Waals surface area contributed by atoms with Crippen LogP contribution in [-0.4, -0.2) is 51.2 Å². The minimum atomic E-state index is -2.12. The first-order chi connectivity index (χ1) is 8.74. The lowest BCUT2D eigenvalue weighted by atomic mass is 9.79. The zero-order valence-corrected chi connectivity index (χ0v) is 14.4. The lowest BCUT2D eigenvalue weighted by Gasteiger charge is -2.51. The monoisotopic (exact) mass is 286 g/mol. The third kappa shape index (κ3) is 3.05. The molecule has 0 unspecified atom stereocenters. The molecule has 0 aromatic carbocycles. The van der Waals surface area contributed by atoms with Gasteiger partial charge in [-0.3, -0.25) is 4.57 Å². The maximum Gasteiger partial charge on any atom is 0.427 e. The molecule has 112 valence electrons. The molecule has 0 atom stereocenters. The molecule has 0 bridgehead atoms. The number of piperidine rings is 1. The first kappa shape index (κ1) is 15.4. The van der Waals surface area contributed by atoms with E-state index in [1.54, 1.807) is 0 Å². The molecule has 5 heteroatoms. The molecule has 0 radical (unpaired) electrons. The van der Waals surface area contributed by atoms with Gasteiger partial charge in [-0.25, -0.2) is 0 Å². The van der Waals surface area contributed by atoms with Crippen LogP contribution in [0.1, 0.15) is 47.0 Å². The summed E-state index contributed by atoms with van der Waals surface area (Å²) in [7, 11) is 1.53. The third-order valence-electron chi connectivity index (χ3n) is 4.58. The minimum absolute atomic E-state index is 0.177. The van der Waals surface area contributed by atoms with Crippen LogP contribution in [0.15, 0.2) is 0 Å². The molecule has 0 saturated carbocycles. The van der Waals surface area contributed by atoms with E-state index in [2.05, 4.69) is 37.6 Å². The topological polar surface area (TPSA) is 33.7 Å². The Bertz CT molecular complexity index is 313. The highest BCUT2D eigenvalue weighted by Crippen LogP contribution is 2.38. The number of nitrogens with zero attached hydrogens (tertiary/aromatic N) is 1. The SMILES string of the molecule is CO[Si]1(OC)CCCN1C1CC(C)(C)NC(C)(C)C1. The number of hydrogen-bond acceptors (Lipinski definition) is 4. The molecule has 4 nitrogen and oxygen atoms in total. The molecule has 2 aliphatic rings. The van der Waals surface area contributed by atoms with Gasteiger partial charge in [0, 0.05) is 37.4 Å². The van der Waals surface area contributed by atoms with Crippen LogP contribution < -0.4 is 5.32 Å². The lowest BCUT2D eigenvalue weighted by Crippen LogP contribution is -2.66. The minimum Gasteiger partial charge on any atom is -0.386 e. The van der Waals surface area contributed by atoms with Crippen molar-refractivity contribution in [2.75, 3.05) is 20.8 Å². The molecule has 0 spiro atoms. The van der Waals surface area contributed by atoms with E-state index < -0.39 is 8.72 Å². The molecule has 2 rings (SSSR count). The van der Waals surface area contributed by atoms with Crippen LogP contribution in [0.5, 0.6) is 0 Å². The molecule has 0 aromatic rings.